The second-order valence-corrected chi connectivity index (χ2v) is 10.3. The summed E-state index contributed by atoms with van der Waals surface area (Å²) in [6, 6.07) is 11.0. The van der Waals surface area contributed by atoms with Crippen LogP contribution in [0.5, 0.6) is 0 Å². The lowest BCUT2D eigenvalue weighted by Crippen LogP contribution is -2.38. The number of carbonyl (C=O) groups is 2. The number of piperidine rings is 1. The van der Waals surface area contributed by atoms with Crippen molar-refractivity contribution < 1.29 is 31.3 Å². The predicted molar refractivity (Wildman–Crippen MR) is 127 cm³/mol. The molecule has 0 radical (unpaired) electrons. The summed E-state index contributed by atoms with van der Waals surface area (Å²) in [5.74, 6) is -0.718. The van der Waals surface area contributed by atoms with E-state index in [1.807, 2.05) is 11.8 Å². The number of nitrogens with zero attached hydrogens (tertiary/aromatic N) is 2. The minimum Gasteiger partial charge on any atom is -0.442 e. The van der Waals surface area contributed by atoms with E-state index in [0.717, 1.165) is 5.56 Å². The Morgan fingerprint density at radius 1 is 1.17 bits per heavy atom. The lowest BCUT2D eigenvalue weighted by atomic mass is 10.1. The van der Waals surface area contributed by atoms with Gasteiger partial charge in [0.15, 0.2) is 0 Å². The molecule has 1 N–H and O–H groups in total. The molecular weight excluding hydrogens is 477 g/mol. The first-order chi connectivity index (χ1) is 16.6. The number of hydrogen-bond donors (Lipinski definition) is 1. The summed E-state index contributed by atoms with van der Waals surface area (Å²) in [6.07, 6.45) is -0.741. The molecule has 0 saturated carbocycles. The fourth-order valence-corrected chi connectivity index (χ4v) is 5.28. The van der Waals surface area contributed by atoms with E-state index in [1.165, 1.54) is 30.0 Å². The number of aryl methyl sites for hydroxylation is 1. The molecule has 11 heteroatoms. The van der Waals surface area contributed by atoms with Gasteiger partial charge in [-0.2, -0.15) is 8.42 Å². The van der Waals surface area contributed by atoms with Gasteiger partial charge in [-0.05, 0) is 50.1 Å². The molecule has 2 aromatic rings. The number of halogens is 1. The molecule has 0 spiro atoms. The summed E-state index contributed by atoms with van der Waals surface area (Å²) in [5, 5.41) is 2.60. The number of rotatable bonds is 7. The highest BCUT2D eigenvalue weighted by molar-refractivity contribution is 7.86. The maximum Gasteiger partial charge on any atom is 0.414 e. The van der Waals surface area contributed by atoms with Crippen molar-refractivity contribution >= 4 is 33.5 Å². The highest BCUT2D eigenvalue weighted by atomic mass is 32.2. The van der Waals surface area contributed by atoms with Crippen molar-refractivity contribution in [3.63, 3.8) is 0 Å². The van der Waals surface area contributed by atoms with Crippen LogP contribution < -0.4 is 15.1 Å². The third kappa shape index (κ3) is 5.91. The van der Waals surface area contributed by atoms with Crippen molar-refractivity contribution in [2.45, 2.75) is 43.8 Å². The second-order valence-electron chi connectivity index (χ2n) is 8.74. The monoisotopic (exact) mass is 505 g/mol. The Morgan fingerprint density at radius 3 is 2.49 bits per heavy atom. The van der Waals surface area contributed by atoms with E-state index in [9.17, 15) is 22.4 Å². The predicted octanol–water partition coefficient (Wildman–Crippen LogP) is 2.97. The van der Waals surface area contributed by atoms with Crippen LogP contribution >= 0.6 is 0 Å². The molecule has 2 aliphatic heterocycles. The van der Waals surface area contributed by atoms with Crippen LogP contribution in [0, 0.1) is 12.7 Å². The number of anilines is 2. The van der Waals surface area contributed by atoms with E-state index >= 15 is 0 Å². The van der Waals surface area contributed by atoms with Crippen molar-refractivity contribution in [2.24, 2.45) is 0 Å². The van der Waals surface area contributed by atoms with Crippen molar-refractivity contribution in [2.75, 3.05) is 36.0 Å². The SMILES string of the molecule is CC(=O)NCC1CN(c2ccc(N3CCC(OS(=O)(=O)c4ccc(C)cc4)CC3)c(F)c2)C(=O)O1. The first-order valence-corrected chi connectivity index (χ1v) is 12.8. The van der Waals surface area contributed by atoms with Crippen LogP contribution in [0.15, 0.2) is 47.4 Å². The van der Waals surface area contributed by atoms with Gasteiger partial charge in [-0.25, -0.2) is 9.18 Å². The number of hydrogen-bond acceptors (Lipinski definition) is 7. The van der Waals surface area contributed by atoms with E-state index in [-0.39, 0.29) is 23.9 Å². The molecule has 9 nitrogen and oxygen atoms in total. The zero-order valence-corrected chi connectivity index (χ0v) is 20.4. The van der Waals surface area contributed by atoms with Crippen LogP contribution in [0.2, 0.25) is 0 Å². The Morgan fingerprint density at radius 2 is 1.86 bits per heavy atom. The molecule has 35 heavy (non-hydrogen) atoms. The number of benzene rings is 2. The van der Waals surface area contributed by atoms with Crippen LogP contribution in [-0.2, 0) is 23.8 Å². The van der Waals surface area contributed by atoms with Crippen molar-refractivity contribution in [3.05, 3.63) is 53.8 Å². The van der Waals surface area contributed by atoms with Gasteiger partial charge in [0.2, 0.25) is 5.91 Å². The van der Waals surface area contributed by atoms with Gasteiger partial charge in [-0.3, -0.25) is 13.9 Å². The first-order valence-electron chi connectivity index (χ1n) is 11.4. The van der Waals surface area contributed by atoms with Gasteiger partial charge in [0.05, 0.1) is 35.5 Å². The lowest BCUT2D eigenvalue weighted by molar-refractivity contribution is -0.119. The fourth-order valence-electron chi connectivity index (χ4n) is 4.15. The Bertz CT molecular complexity index is 1200. The van der Waals surface area contributed by atoms with E-state index < -0.39 is 34.2 Å². The van der Waals surface area contributed by atoms with Gasteiger partial charge in [-0.15, -0.1) is 0 Å². The molecule has 0 bridgehead atoms. The molecule has 1 unspecified atom stereocenters. The van der Waals surface area contributed by atoms with Gasteiger partial charge in [0.25, 0.3) is 10.1 Å². The zero-order valence-electron chi connectivity index (χ0n) is 19.6. The molecule has 2 amide bonds. The van der Waals surface area contributed by atoms with Crippen LogP contribution in [-0.4, -0.2) is 58.8 Å². The van der Waals surface area contributed by atoms with Crippen LogP contribution in [0.1, 0.15) is 25.3 Å². The number of nitrogens with one attached hydrogen (secondary N) is 1. The maximum absolute atomic E-state index is 15.0. The van der Waals surface area contributed by atoms with Crippen molar-refractivity contribution in [1.82, 2.24) is 5.32 Å². The van der Waals surface area contributed by atoms with Crippen LogP contribution in [0.4, 0.5) is 20.6 Å². The van der Waals surface area contributed by atoms with Gasteiger partial charge < -0.3 is 15.0 Å². The number of carbonyl (C=O) groups excluding carboxylic acids is 2. The zero-order chi connectivity index (χ0) is 25.2. The molecule has 1 atom stereocenters. The maximum atomic E-state index is 15.0. The molecule has 188 valence electrons. The Kier molecular flexibility index (Phi) is 7.27. The Labute approximate surface area is 203 Å². The van der Waals surface area contributed by atoms with E-state index in [2.05, 4.69) is 5.32 Å². The molecule has 2 aromatic carbocycles. The van der Waals surface area contributed by atoms with Crippen LogP contribution in [0.3, 0.4) is 0 Å². The smallest absolute Gasteiger partial charge is 0.414 e. The first kappa shape index (κ1) is 24.9. The fraction of sp³-hybridized carbons (Fsp3) is 0.417. The molecule has 0 aliphatic carbocycles. The highest BCUT2D eigenvalue weighted by Gasteiger charge is 2.33. The van der Waals surface area contributed by atoms with E-state index in [4.69, 9.17) is 8.92 Å². The third-order valence-corrected chi connectivity index (χ3v) is 7.43. The molecule has 2 fully saturated rings. The normalized spacial score (nSPS) is 19.1. The van der Waals surface area contributed by atoms with Gasteiger partial charge >= 0.3 is 6.09 Å². The number of amides is 2. The average Bonchev–Trinajstić information content (AvgIpc) is 3.19. The molecule has 0 aromatic heterocycles. The molecule has 2 saturated heterocycles. The molecule has 4 rings (SSSR count). The minimum absolute atomic E-state index is 0.118. The summed E-state index contributed by atoms with van der Waals surface area (Å²) in [7, 11) is -3.87. The summed E-state index contributed by atoms with van der Waals surface area (Å²) in [5.41, 5.74) is 1.69. The molecular formula is C24H28FN3O6S. The minimum atomic E-state index is -3.87. The van der Waals surface area contributed by atoms with Crippen molar-refractivity contribution in [1.29, 1.82) is 0 Å². The van der Waals surface area contributed by atoms with Crippen molar-refractivity contribution in [3.8, 4) is 0 Å². The summed E-state index contributed by atoms with van der Waals surface area (Å²) in [6.45, 7) is 4.50. The molecule has 2 heterocycles. The quantitative estimate of drug-likeness (QED) is 0.577. The summed E-state index contributed by atoms with van der Waals surface area (Å²) < 4.78 is 50.7. The second kappa shape index (κ2) is 10.2. The van der Waals surface area contributed by atoms with Gasteiger partial charge in [0, 0.05) is 20.0 Å². The topological polar surface area (TPSA) is 105 Å². The van der Waals surface area contributed by atoms with E-state index in [0.29, 0.717) is 37.3 Å². The number of ether oxygens (including phenoxy) is 1. The highest BCUT2D eigenvalue weighted by Crippen LogP contribution is 2.30. The summed E-state index contributed by atoms with van der Waals surface area (Å²) in [4.78, 5) is 26.5. The van der Waals surface area contributed by atoms with Gasteiger partial charge in [0.1, 0.15) is 11.9 Å². The third-order valence-electron chi connectivity index (χ3n) is 6.05. The molecule has 2 aliphatic rings. The standard InChI is InChI=1S/C24H28FN3O6S/c1-16-3-6-21(7-4-16)35(31,32)34-19-9-11-27(12-10-19)23-8-5-18(13-22(23)25)28-15-20(33-24(28)30)14-26-17(2)29/h3-8,13,19-20H,9-12,14-15H2,1-2H3,(H,26,29). The largest absolute Gasteiger partial charge is 0.442 e. The van der Waals surface area contributed by atoms with Gasteiger partial charge in [-0.1, -0.05) is 17.7 Å². The Balaban J connectivity index is 1.35. The number of cyclic esters (lactones) is 1. The average molecular weight is 506 g/mol. The van der Waals surface area contributed by atoms with Crippen LogP contribution in [0.25, 0.3) is 0 Å². The Hall–Kier alpha value is -3.18. The lowest BCUT2D eigenvalue weighted by Gasteiger charge is -2.33. The summed E-state index contributed by atoms with van der Waals surface area (Å²) >= 11 is 0. The van der Waals surface area contributed by atoms with E-state index in [1.54, 1.807) is 24.3 Å².